The highest BCUT2D eigenvalue weighted by Crippen LogP contribution is 2.30. The quantitative estimate of drug-likeness (QED) is 0.566. The molecule has 1 aromatic carbocycles. The molecule has 5 rings (SSSR count). The predicted molar refractivity (Wildman–Crippen MR) is 125 cm³/mol. The minimum Gasteiger partial charge on any atom is -0.342 e. The van der Waals surface area contributed by atoms with E-state index in [0.29, 0.717) is 18.9 Å². The van der Waals surface area contributed by atoms with Crippen molar-refractivity contribution >= 4 is 17.4 Å². The number of anilines is 2. The van der Waals surface area contributed by atoms with Crippen LogP contribution in [-0.4, -0.2) is 38.8 Å². The van der Waals surface area contributed by atoms with Crippen LogP contribution in [0.3, 0.4) is 0 Å². The van der Waals surface area contributed by atoms with Gasteiger partial charge in [0, 0.05) is 55.1 Å². The molecule has 0 radical (unpaired) electrons. The van der Waals surface area contributed by atoms with Crippen molar-refractivity contribution in [3.8, 4) is 11.3 Å². The number of hydrogen-bond donors (Lipinski definition) is 1. The van der Waals surface area contributed by atoms with E-state index in [0.717, 1.165) is 54.4 Å². The van der Waals surface area contributed by atoms with Gasteiger partial charge >= 0.3 is 0 Å². The first-order valence-corrected chi connectivity index (χ1v) is 11.3. The van der Waals surface area contributed by atoms with Gasteiger partial charge in [0.05, 0.1) is 5.69 Å². The van der Waals surface area contributed by atoms with Gasteiger partial charge in [-0.15, -0.1) is 0 Å². The van der Waals surface area contributed by atoms with Gasteiger partial charge in [-0.1, -0.05) is 30.4 Å². The molecular formula is C26H27N5O. The van der Waals surface area contributed by atoms with Gasteiger partial charge in [-0.2, -0.15) is 0 Å². The standard InChI is InChI=1S/C26H27N5O/c32-25(15-19-7-4-5-8-19)31-14-12-21(18-31)26-29-23(20-9-6-13-27-17-20)16-24(30-26)28-22-10-2-1-3-11-22/h1-4,6-7,9-11,13,16-17,19,21H,5,8,12,14-15,18H2,(H,28,29,30)/t19-,21-/m0/s1. The molecule has 2 aliphatic rings. The summed E-state index contributed by atoms with van der Waals surface area (Å²) in [6, 6.07) is 15.9. The Bertz CT molecular complexity index is 1100. The van der Waals surface area contributed by atoms with Crippen LogP contribution in [0.25, 0.3) is 11.3 Å². The van der Waals surface area contributed by atoms with Crippen molar-refractivity contribution in [2.24, 2.45) is 5.92 Å². The minimum absolute atomic E-state index is 0.131. The third-order valence-corrected chi connectivity index (χ3v) is 6.20. The summed E-state index contributed by atoms with van der Waals surface area (Å²) in [6.45, 7) is 1.44. The van der Waals surface area contributed by atoms with E-state index in [2.05, 4.69) is 22.5 Å². The number of carbonyl (C=O) groups is 1. The monoisotopic (exact) mass is 425 g/mol. The molecule has 3 heterocycles. The second kappa shape index (κ2) is 9.30. The molecule has 1 saturated heterocycles. The van der Waals surface area contributed by atoms with Crippen LogP contribution in [0.1, 0.15) is 37.4 Å². The highest BCUT2D eigenvalue weighted by Gasteiger charge is 2.30. The molecule has 0 spiro atoms. The van der Waals surface area contributed by atoms with Crippen LogP contribution in [0, 0.1) is 5.92 Å². The molecule has 1 aliphatic carbocycles. The molecule has 162 valence electrons. The molecule has 3 aromatic rings. The first-order chi connectivity index (χ1) is 15.7. The lowest BCUT2D eigenvalue weighted by Crippen LogP contribution is -2.29. The lowest BCUT2D eigenvalue weighted by molar-refractivity contribution is -0.130. The molecule has 0 bridgehead atoms. The molecule has 2 aromatic heterocycles. The Kier molecular flexibility index (Phi) is 5.92. The topological polar surface area (TPSA) is 71.0 Å². The van der Waals surface area contributed by atoms with Gasteiger partial charge in [-0.05, 0) is 49.4 Å². The van der Waals surface area contributed by atoms with Crippen molar-refractivity contribution in [1.82, 2.24) is 19.9 Å². The van der Waals surface area contributed by atoms with Crippen LogP contribution < -0.4 is 5.32 Å². The average molecular weight is 426 g/mol. The van der Waals surface area contributed by atoms with Crippen molar-refractivity contribution in [2.75, 3.05) is 18.4 Å². The number of para-hydroxylation sites is 1. The first-order valence-electron chi connectivity index (χ1n) is 11.3. The van der Waals surface area contributed by atoms with Crippen LogP contribution in [-0.2, 0) is 4.79 Å². The van der Waals surface area contributed by atoms with Gasteiger partial charge in [0.2, 0.25) is 5.91 Å². The van der Waals surface area contributed by atoms with Crippen LogP contribution in [0.4, 0.5) is 11.5 Å². The summed E-state index contributed by atoms with van der Waals surface area (Å²) < 4.78 is 0. The van der Waals surface area contributed by atoms with E-state index in [1.807, 2.05) is 59.6 Å². The SMILES string of the molecule is O=C(C[C@H]1C=CCC1)N1CC[C@H](c2nc(Nc3ccccc3)cc(-c3cccnc3)n2)C1. The molecule has 6 nitrogen and oxygen atoms in total. The molecule has 1 fully saturated rings. The summed E-state index contributed by atoms with van der Waals surface area (Å²) in [5, 5.41) is 3.40. The lowest BCUT2D eigenvalue weighted by Gasteiger charge is -2.18. The Hall–Kier alpha value is -3.54. The molecule has 2 atom stereocenters. The van der Waals surface area contributed by atoms with Gasteiger partial charge in [0.1, 0.15) is 11.6 Å². The Morgan fingerprint density at radius 1 is 1.09 bits per heavy atom. The summed E-state index contributed by atoms with van der Waals surface area (Å²) in [5.41, 5.74) is 2.76. The van der Waals surface area contributed by atoms with E-state index in [-0.39, 0.29) is 11.8 Å². The Morgan fingerprint density at radius 2 is 2.00 bits per heavy atom. The molecule has 32 heavy (non-hydrogen) atoms. The number of carbonyl (C=O) groups excluding carboxylic acids is 1. The number of amides is 1. The molecular weight excluding hydrogens is 398 g/mol. The van der Waals surface area contributed by atoms with Crippen molar-refractivity contribution < 1.29 is 4.79 Å². The number of hydrogen-bond acceptors (Lipinski definition) is 5. The number of pyridine rings is 1. The van der Waals surface area contributed by atoms with E-state index in [1.165, 1.54) is 0 Å². The van der Waals surface area contributed by atoms with Gasteiger partial charge in [0.25, 0.3) is 0 Å². The smallest absolute Gasteiger partial charge is 0.223 e. The summed E-state index contributed by atoms with van der Waals surface area (Å²) in [4.78, 5) is 28.8. The molecule has 1 N–H and O–H groups in total. The van der Waals surface area contributed by atoms with E-state index in [4.69, 9.17) is 9.97 Å². The van der Waals surface area contributed by atoms with Crippen molar-refractivity contribution in [1.29, 1.82) is 0 Å². The van der Waals surface area contributed by atoms with Gasteiger partial charge in [-0.25, -0.2) is 9.97 Å². The second-order valence-corrected chi connectivity index (χ2v) is 8.52. The Morgan fingerprint density at radius 3 is 2.78 bits per heavy atom. The van der Waals surface area contributed by atoms with E-state index >= 15 is 0 Å². The van der Waals surface area contributed by atoms with Gasteiger partial charge in [0.15, 0.2) is 0 Å². The Balaban J connectivity index is 1.38. The summed E-state index contributed by atoms with van der Waals surface area (Å²) in [5.74, 6) is 2.30. The normalized spacial score (nSPS) is 19.9. The molecule has 1 amide bonds. The summed E-state index contributed by atoms with van der Waals surface area (Å²) in [6.07, 6.45) is 11.6. The second-order valence-electron chi connectivity index (χ2n) is 8.52. The zero-order chi connectivity index (χ0) is 21.8. The number of allylic oxidation sites excluding steroid dienone is 2. The number of nitrogens with one attached hydrogen (secondary N) is 1. The fraction of sp³-hybridized carbons (Fsp3) is 0.308. The van der Waals surface area contributed by atoms with E-state index < -0.39 is 0 Å². The number of nitrogens with zero attached hydrogens (tertiary/aromatic N) is 4. The fourth-order valence-electron chi connectivity index (χ4n) is 4.46. The Labute approximate surface area is 188 Å². The predicted octanol–water partition coefficient (Wildman–Crippen LogP) is 4.95. The van der Waals surface area contributed by atoms with Crippen LogP contribution >= 0.6 is 0 Å². The van der Waals surface area contributed by atoms with E-state index in [9.17, 15) is 4.79 Å². The number of likely N-dealkylation sites (tertiary alicyclic amines) is 1. The van der Waals surface area contributed by atoms with Gasteiger partial charge < -0.3 is 10.2 Å². The fourth-order valence-corrected chi connectivity index (χ4v) is 4.46. The zero-order valence-corrected chi connectivity index (χ0v) is 18.0. The maximum atomic E-state index is 12.8. The third-order valence-electron chi connectivity index (χ3n) is 6.20. The molecule has 6 heteroatoms. The van der Waals surface area contributed by atoms with Crippen molar-refractivity contribution in [3.05, 3.63) is 78.9 Å². The maximum absolute atomic E-state index is 12.8. The highest BCUT2D eigenvalue weighted by atomic mass is 16.2. The van der Waals surface area contributed by atoms with Crippen molar-refractivity contribution in [2.45, 2.75) is 31.6 Å². The largest absolute Gasteiger partial charge is 0.342 e. The zero-order valence-electron chi connectivity index (χ0n) is 18.0. The third kappa shape index (κ3) is 4.69. The van der Waals surface area contributed by atoms with E-state index in [1.54, 1.807) is 6.20 Å². The van der Waals surface area contributed by atoms with Crippen LogP contribution in [0.15, 0.2) is 73.1 Å². The van der Waals surface area contributed by atoms with Crippen LogP contribution in [0.2, 0.25) is 0 Å². The number of benzene rings is 1. The molecule has 0 unspecified atom stereocenters. The number of rotatable bonds is 6. The highest BCUT2D eigenvalue weighted by molar-refractivity contribution is 5.77. The van der Waals surface area contributed by atoms with Gasteiger partial charge in [-0.3, -0.25) is 9.78 Å². The van der Waals surface area contributed by atoms with Crippen molar-refractivity contribution in [3.63, 3.8) is 0 Å². The number of aromatic nitrogens is 3. The average Bonchev–Trinajstić information content (AvgIpc) is 3.53. The minimum atomic E-state index is 0.131. The summed E-state index contributed by atoms with van der Waals surface area (Å²) in [7, 11) is 0. The summed E-state index contributed by atoms with van der Waals surface area (Å²) >= 11 is 0. The van der Waals surface area contributed by atoms with Crippen LogP contribution in [0.5, 0.6) is 0 Å². The molecule has 0 saturated carbocycles. The maximum Gasteiger partial charge on any atom is 0.223 e. The first kappa shape index (κ1) is 20.4. The lowest BCUT2D eigenvalue weighted by atomic mass is 10.0. The molecule has 1 aliphatic heterocycles.